The van der Waals surface area contributed by atoms with Crippen molar-refractivity contribution in [2.75, 3.05) is 11.9 Å². The first-order chi connectivity index (χ1) is 33.0. The molecule has 1 heteroatoms. The largest absolute Gasteiger partial charge is 0.345 e. The van der Waals surface area contributed by atoms with Gasteiger partial charge in [-0.15, -0.1) is 0 Å². The predicted octanol–water partition coefficient (Wildman–Crippen LogP) is 17.4. The molecule has 0 saturated heterocycles. The van der Waals surface area contributed by atoms with Crippen molar-refractivity contribution in [2.24, 2.45) is 0 Å². The zero-order valence-corrected chi connectivity index (χ0v) is 40.0. The van der Waals surface area contributed by atoms with E-state index in [-0.39, 0.29) is 5.41 Å². The second-order valence-electron chi connectivity index (χ2n) is 17.8. The fraction of sp³-hybridized carbons (Fsp3) is 0.182. The number of anilines is 1. The lowest BCUT2D eigenvalue weighted by Crippen LogP contribution is -2.34. The fourth-order valence-electron chi connectivity index (χ4n) is 10.6. The average molecular weight is 870 g/mol. The van der Waals surface area contributed by atoms with Crippen molar-refractivity contribution in [1.29, 1.82) is 0 Å². The molecule has 0 heterocycles. The fourth-order valence-corrected chi connectivity index (χ4v) is 10.6. The molecule has 8 aromatic rings. The van der Waals surface area contributed by atoms with Gasteiger partial charge in [0.2, 0.25) is 0 Å². The summed E-state index contributed by atoms with van der Waals surface area (Å²) in [5.74, 6) is 0. The second kappa shape index (κ2) is 20.1. The highest BCUT2D eigenvalue weighted by atomic mass is 15.1. The van der Waals surface area contributed by atoms with Gasteiger partial charge in [-0.1, -0.05) is 223 Å². The SMILES string of the molecule is C=C(c1cccc(-c2ccc3c(c2)C2(c4ccccc4-c4ccccc42)c2cccc(CCC)c2C3)c1)N(C)c1ccc(C2=CC=CCC2)cc1.CC.CCc1ccc(-c2ccccc2)cc1. The highest BCUT2D eigenvalue weighted by Crippen LogP contribution is 2.60. The van der Waals surface area contributed by atoms with Crippen molar-refractivity contribution < 1.29 is 0 Å². The normalized spacial score (nSPS) is 13.4. The Morgan fingerprint density at radius 1 is 0.567 bits per heavy atom. The van der Waals surface area contributed by atoms with E-state index in [4.69, 9.17) is 0 Å². The third kappa shape index (κ3) is 8.56. The van der Waals surface area contributed by atoms with Crippen LogP contribution in [0.5, 0.6) is 0 Å². The number of rotatable bonds is 9. The van der Waals surface area contributed by atoms with Gasteiger partial charge in [-0.25, -0.2) is 0 Å². The van der Waals surface area contributed by atoms with Crippen LogP contribution in [0, 0.1) is 0 Å². The summed E-state index contributed by atoms with van der Waals surface area (Å²) < 4.78 is 0. The number of hydrogen-bond donors (Lipinski definition) is 0. The smallest absolute Gasteiger partial charge is 0.0719 e. The first-order valence-corrected chi connectivity index (χ1v) is 24.6. The molecule has 0 N–H and O–H groups in total. The summed E-state index contributed by atoms with van der Waals surface area (Å²) in [4.78, 5) is 2.21. The molecule has 0 aromatic heterocycles. The van der Waals surface area contributed by atoms with Crippen molar-refractivity contribution in [2.45, 2.75) is 71.6 Å². The first kappa shape index (κ1) is 45.0. The molecule has 0 atom stereocenters. The van der Waals surface area contributed by atoms with Gasteiger partial charge in [0.1, 0.15) is 0 Å². The number of fused-ring (bicyclic) bond motifs is 9. The van der Waals surface area contributed by atoms with Gasteiger partial charge in [0.25, 0.3) is 0 Å². The number of hydrogen-bond acceptors (Lipinski definition) is 1. The Morgan fingerprint density at radius 2 is 1.16 bits per heavy atom. The summed E-state index contributed by atoms with van der Waals surface area (Å²) in [7, 11) is 2.12. The molecule has 8 aromatic carbocycles. The van der Waals surface area contributed by atoms with E-state index in [0.29, 0.717) is 0 Å². The van der Waals surface area contributed by atoms with E-state index in [1.54, 1.807) is 0 Å². The van der Waals surface area contributed by atoms with E-state index in [9.17, 15) is 0 Å². The molecular formula is C66H63N. The van der Waals surface area contributed by atoms with Crippen molar-refractivity contribution in [3.05, 3.63) is 268 Å². The van der Waals surface area contributed by atoms with Crippen LogP contribution < -0.4 is 4.90 Å². The average Bonchev–Trinajstić information content (AvgIpc) is 3.70. The lowest BCUT2D eigenvalue weighted by atomic mass is 9.60. The minimum absolute atomic E-state index is 0.368. The molecule has 0 radical (unpaired) electrons. The van der Waals surface area contributed by atoms with E-state index in [2.05, 4.69) is 233 Å². The van der Waals surface area contributed by atoms with Crippen molar-refractivity contribution in [3.8, 4) is 33.4 Å². The summed E-state index contributed by atoms with van der Waals surface area (Å²) in [6.45, 7) is 13.1. The molecule has 0 aliphatic heterocycles. The Kier molecular flexibility index (Phi) is 13.5. The third-order valence-electron chi connectivity index (χ3n) is 14.1. The van der Waals surface area contributed by atoms with Crippen LogP contribution in [0.25, 0.3) is 44.7 Å². The zero-order chi connectivity index (χ0) is 46.3. The van der Waals surface area contributed by atoms with Crippen LogP contribution in [0.3, 0.4) is 0 Å². The van der Waals surface area contributed by atoms with Gasteiger partial charge in [-0.3, -0.25) is 0 Å². The van der Waals surface area contributed by atoms with Crippen molar-refractivity contribution in [1.82, 2.24) is 0 Å². The van der Waals surface area contributed by atoms with Gasteiger partial charge in [0.05, 0.1) is 5.41 Å². The van der Waals surface area contributed by atoms with Crippen LogP contribution in [0.1, 0.15) is 103 Å². The predicted molar refractivity (Wildman–Crippen MR) is 289 cm³/mol. The van der Waals surface area contributed by atoms with Crippen LogP contribution in [-0.2, 0) is 24.7 Å². The maximum atomic E-state index is 4.58. The Morgan fingerprint density at radius 3 is 1.84 bits per heavy atom. The number of allylic oxidation sites excluding steroid dienone is 4. The van der Waals surface area contributed by atoms with E-state index in [1.807, 2.05) is 19.9 Å². The molecule has 3 aliphatic carbocycles. The maximum absolute atomic E-state index is 4.58. The van der Waals surface area contributed by atoms with Crippen LogP contribution in [-0.4, -0.2) is 7.05 Å². The van der Waals surface area contributed by atoms with Gasteiger partial charge in [0, 0.05) is 18.4 Å². The molecule has 67 heavy (non-hydrogen) atoms. The lowest BCUT2D eigenvalue weighted by molar-refractivity contribution is 0.714. The van der Waals surface area contributed by atoms with Crippen molar-refractivity contribution >= 4 is 17.0 Å². The maximum Gasteiger partial charge on any atom is 0.0719 e. The second-order valence-corrected chi connectivity index (χ2v) is 17.8. The van der Waals surface area contributed by atoms with Gasteiger partial charge < -0.3 is 4.90 Å². The number of aryl methyl sites for hydroxylation is 2. The first-order valence-electron chi connectivity index (χ1n) is 24.6. The third-order valence-corrected chi connectivity index (χ3v) is 14.1. The molecular weight excluding hydrogens is 807 g/mol. The highest BCUT2D eigenvalue weighted by Gasteiger charge is 2.50. The summed E-state index contributed by atoms with van der Waals surface area (Å²) in [5.41, 5.74) is 24.7. The summed E-state index contributed by atoms with van der Waals surface area (Å²) >= 11 is 0. The molecule has 0 saturated carbocycles. The van der Waals surface area contributed by atoms with E-state index < -0.39 is 0 Å². The Balaban J connectivity index is 0.000000299. The molecule has 1 spiro atoms. The molecule has 3 aliphatic rings. The van der Waals surface area contributed by atoms with E-state index >= 15 is 0 Å². The van der Waals surface area contributed by atoms with Crippen LogP contribution >= 0.6 is 0 Å². The molecule has 0 unspecified atom stereocenters. The molecule has 11 rings (SSSR count). The zero-order valence-electron chi connectivity index (χ0n) is 40.0. The summed E-state index contributed by atoms with van der Waals surface area (Å²) in [6, 6.07) is 69.6. The number of nitrogens with zero attached hydrogens (tertiary/aromatic N) is 1. The summed E-state index contributed by atoms with van der Waals surface area (Å²) in [6.07, 6.45) is 13.2. The minimum Gasteiger partial charge on any atom is -0.345 e. The Hall–Kier alpha value is -7.22. The highest BCUT2D eigenvalue weighted by molar-refractivity contribution is 5.89. The number of benzene rings is 8. The van der Waals surface area contributed by atoms with E-state index in [1.165, 1.54) is 89.0 Å². The minimum atomic E-state index is -0.368. The quantitative estimate of drug-likeness (QED) is 0.140. The van der Waals surface area contributed by atoms with Gasteiger partial charge >= 0.3 is 0 Å². The monoisotopic (exact) mass is 869 g/mol. The van der Waals surface area contributed by atoms with Crippen LogP contribution in [0.2, 0.25) is 0 Å². The van der Waals surface area contributed by atoms with Gasteiger partial charge in [-0.2, -0.15) is 0 Å². The van der Waals surface area contributed by atoms with E-state index in [0.717, 1.165) is 55.5 Å². The van der Waals surface area contributed by atoms with Crippen molar-refractivity contribution in [3.63, 3.8) is 0 Å². The van der Waals surface area contributed by atoms with Gasteiger partial charge in [-0.05, 0) is 151 Å². The molecule has 1 nitrogen and oxygen atoms in total. The topological polar surface area (TPSA) is 3.24 Å². The van der Waals surface area contributed by atoms with Crippen LogP contribution in [0.4, 0.5) is 5.69 Å². The van der Waals surface area contributed by atoms with Gasteiger partial charge in [0.15, 0.2) is 0 Å². The summed E-state index contributed by atoms with van der Waals surface area (Å²) in [5, 5.41) is 0. The van der Waals surface area contributed by atoms with Crippen LogP contribution in [0.15, 0.2) is 213 Å². The molecule has 0 fully saturated rings. The molecule has 0 bridgehead atoms. The Labute approximate surface area is 400 Å². The standard InChI is InChI=1S/C50H43N.C14H14.C2H6/c1-4-14-37-17-13-24-48-45(37)32-41-26-25-40(33-49(41)50(48)46-22-10-8-20-43(46)44-21-9-11-23-47(44)50)39-19-12-18-38(31-39)34(2)51(3)42-29-27-36(28-30-42)35-15-6-5-7-16-35;1-2-12-8-10-14(11-9-12)13-6-4-3-5-7-13;1-2/h5-6,8-13,15,17-31,33H,2,4,7,14,16,32H2,1,3H3;3-11H,2H2,1H3;1-2H3. The molecule has 0 amide bonds. The Bertz CT molecular complexity index is 3020. The molecule has 332 valence electrons. The lowest BCUT2D eigenvalue weighted by Gasteiger charge is -2.41.